The van der Waals surface area contributed by atoms with Crippen molar-refractivity contribution >= 4 is 11.5 Å². The van der Waals surface area contributed by atoms with Crippen LogP contribution in [0.1, 0.15) is 53.8 Å². The van der Waals surface area contributed by atoms with Crippen molar-refractivity contribution in [3.05, 3.63) is 77.4 Å². The van der Waals surface area contributed by atoms with Crippen molar-refractivity contribution in [2.24, 2.45) is 0 Å². The standard InChI is InChI=1S/C21H24O3/c1-3-4-6-11-19(20(22)17-9-7-5-8-10-17)16-12-14-18(15-13-16)21(23)24-2/h5,7-15,20,22H,3-4,6H2,1-2H3/b19-11+/t20-/m1/s1. The van der Waals surface area contributed by atoms with Gasteiger partial charge in [-0.15, -0.1) is 0 Å². The van der Waals surface area contributed by atoms with Gasteiger partial charge in [0.05, 0.1) is 12.7 Å². The van der Waals surface area contributed by atoms with E-state index in [9.17, 15) is 9.90 Å². The Morgan fingerprint density at radius 3 is 2.29 bits per heavy atom. The fraction of sp³-hybridized carbons (Fsp3) is 0.286. The van der Waals surface area contributed by atoms with Gasteiger partial charge in [0.1, 0.15) is 6.10 Å². The molecule has 1 N–H and O–H groups in total. The van der Waals surface area contributed by atoms with Gasteiger partial charge in [-0.2, -0.15) is 0 Å². The van der Waals surface area contributed by atoms with Crippen LogP contribution < -0.4 is 0 Å². The minimum absolute atomic E-state index is 0.360. The number of methoxy groups -OCH3 is 1. The lowest BCUT2D eigenvalue weighted by Crippen LogP contribution is -2.03. The van der Waals surface area contributed by atoms with Crippen LogP contribution in [-0.4, -0.2) is 18.2 Å². The molecule has 3 nitrogen and oxygen atoms in total. The Bertz CT molecular complexity index is 672. The first-order chi connectivity index (χ1) is 11.7. The van der Waals surface area contributed by atoms with E-state index in [0.717, 1.165) is 36.0 Å². The number of allylic oxidation sites excluding steroid dienone is 1. The summed E-state index contributed by atoms with van der Waals surface area (Å²) in [5.41, 5.74) is 3.14. The number of aliphatic hydroxyl groups excluding tert-OH is 1. The third-order valence-electron chi connectivity index (χ3n) is 3.97. The first-order valence-electron chi connectivity index (χ1n) is 8.29. The lowest BCUT2D eigenvalue weighted by atomic mass is 9.93. The maximum absolute atomic E-state index is 11.6. The zero-order chi connectivity index (χ0) is 17.4. The maximum atomic E-state index is 11.6. The van der Waals surface area contributed by atoms with Gasteiger partial charge in [-0.3, -0.25) is 0 Å². The smallest absolute Gasteiger partial charge is 0.337 e. The Balaban J connectivity index is 2.32. The van der Waals surface area contributed by atoms with Crippen LogP contribution in [0.2, 0.25) is 0 Å². The first kappa shape index (κ1) is 18.0. The lowest BCUT2D eigenvalue weighted by molar-refractivity contribution is 0.0600. The van der Waals surface area contributed by atoms with Crippen LogP contribution in [0.3, 0.4) is 0 Å². The maximum Gasteiger partial charge on any atom is 0.337 e. The predicted octanol–water partition coefficient (Wildman–Crippen LogP) is 4.78. The fourth-order valence-electron chi connectivity index (χ4n) is 2.58. The van der Waals surface area contributed by atoms with Crippen molar-refractivity contribution in [1.29, 1.82) is 0 Å². The molecule has 2 rings (SSSR count). The summed E-state index contributed by atoms with van der Waals surface area (Å²) in [7, 11) is 1.37. The number of ether oxygens (including phenoxy) is 1. The molecule has 1 atom stereocenters. The molecular formula is C21H24O3. The molecule has 0 heterocycles. The molecule has 0 aliphatic carbocycles. The average Bonchev–Trinajstić information content (AvgIpc) is 2.65. The highest BCUT2D eigenvalue weighted by molar-refractivity contribution is 5.89. The molecule has 0 amide bonds. The number of esters is 1. The number of benzene rings is 2. The summed E-state index contributed by atoms with van der Waals surface area (Å²) in [6.45, 7) is 2.15. The van der Waals surface area contributed by atoms with Crippen molar-refractivity contribution in [1.82, 2.24) is 0 Å². The Morgan fingerprint density at radius 1 is 1.08 bits per heavy atom. The van der Waals surface area contributed by atoms with Crippen LogP contribution >= 0.6 is 0 Å². The average molecular weight is 324 g/mol. The fourth-order valence-corrected chi connectivity index (χ4v) is 2.58. The number of aliphatic hydroxyl groups is 1. The van der Waals surface area contributed by atoms with Gasteiger partial charge in [0.2, 0.25) is 0 Å². The van der Waals surface area contributed by atoms with Crippen LogP contribution in [-0.2, 0) is 4.74 Å². The normalized spacial score (nSPS) is 12.7. The summed E-state index contributed by atoms with van der Waals surface area (Å²) < 4.78 is 4.73. The van der Waals surface area contributed by atoms with E-state index in [1.807, 2.05) is 42.5 Å². The van der Waals surface area contributed by atoms with E-state index >= 15 is 0 Å². The Hall–Kier alpha value is -2.39. The summed E-state index contributed by atoms with van der Waals surface area (Å²) in [6.07, 6.45) is 4.49. The molecule has 0 spiro atoms. The molecule has 0 radical (unpaired) electrons. The molecule has 0 aliphatic rings. The highest BCUT2D eigenvalue weighted by Gasteiger charge is 2.15. The zero-order valence-electron chi connectivity index (χ0n) is 14.2. The van der Waals surface area contributed by atoms with Gasteiger partial charge in [-0.1, -0.05) is 68.3 Å². The van der Waals surface area contributed by atoms with Crippen molar-refractivity contribution in [3.63, 3.8) is 0 Å². The van der Waals surface area contributed by atoms with Gasteiger partial charge in [0, 0.05) is 0 Å². The number of unbranched alkanes of at least 4 members (excludes halogenated alkanes) is 2. The van der Waals surface area contributed by atoms with Crippen LogP contribution in [0, 0.1) is 0 Å². The molecule has 0 aliphatic heterocycles. The summed E-state index contributed by atoms with van der Waals surface area (Å²) in [6, 6.07) is 16.8. The highest BCUT2D eigenvalue weighted by atomic mass is 16.5. The number of hydrogen-bond donors (Lipinski definition) is 1. The van der Waals surface area contributed by atoms with E-state index in [0.29, 0.717) is 5.56 Å². The van der Waals surface area contributed by atoms with E-state index < -0.39 is 6.10 Å². The molecule has 3 heteroatoms. The van der Waals surface area contributed by atoms with Crippen LogP contribution in [0.15, 0.2) is 60.7 Å². The summed E-state index contributed by atoms with van der Waals surface area (Å²) in [4.78, 5) is 11.6. The van der Waals surface area contributed by atoms with Gasteiger partial charge in [0.25, 0.3) is 0 Å². The summed E-state index contributed by atoms with van der Waals surface area (Å²) >= 11 is 0. The third-order valence-corrected chi connectivity index (χ3v) is 3.97. The zero-order valence-corrected chi connectivity index (χ0v) is 14.2. The van der Waals surface area contributed by atoms with Crippen molar-refractivity contribution in [2.45, 2.75) is 32.3 Å². The van der Waals surface area contributed by atoms with Crippen molar-refractivity contribution in [3.8, 4) is 0 Å². The Kier molecular flexibility index (Phi) is 6.76. The molecule has 0 fully saturated rings. The molecule has 0 aromatic heterocycles. The molecule has 24 heavy (non-hydrogen) atoms. The second kappa shape index (κ2) is 9.04. The molecule has 0 saturated heterocycles. The van der Waals surface area contributed by atoms with E-state index in [4.69, 9.17) is 4.74 Å². The van der Waals surface area contributed by atoms with E-state index in [1.54, 1.807) is 12.1 Å². The Morgan fingerprint density at radius 2 is 1.71 bits per heavy atom. The van der Waals surface area contributed by atoms with Gasteiger partial charge in [-0.25, -0.2) is 4.79 Å². The Labute approximate surface area is 143 Å². The van der Waals surface area contributed by atoms with Gasteiger partial charge in [-0.05, 0) is 35.3 Å². The first-order valence-corrected chi connectivity index (χ1v) is 8.29. The highest BCUT2D eigenvalue weighted by Crippen LogP contribution is 2.31. The molecular weight excluding hydrogens is 300 g/mol. The van der Waals surface area contributed by atoms with Crippen molar-refractivity contribution in [2.75, 3.05) is 7.11 Å². The van der Waals surface area contributed by atoms with Gasteiger partial charge in [0.15, 0.2) is 0 Å². The SMILES string of the molecule is CCCC/C=C(\c1ccc(C(=O)OC)cc1)[C@H](O)c1ccccc1. The second-order valence-electron chi connectivity index (χ2n) is 5.68. The molecule has 2 aromatic carbocycles. The minimum Gasteiger partial charge on any atom is -0.465 e. The number of hydrogen-bond acceptors (Lipinski definition) is 3. The van der Waals surface area contributed by atoms with E-state index in [-0.39, 0.29) is 5.97 Å². The minimum atomic E-state index is -0.688. The molecule has 0 saturated carbocycles. The van der Waals surface area contributed by atoms with Crippen LogP contribution in [0.5, 0.6) is 0 Å². The van der Waals surface area contributed by atoms with E-state index in [2.05, 4.69) is 13.0 Å². The largest absolute Gasteiger partial charge is 0.465 e. The van der Waals surface area contributed by atoms with Gasteiger partial charge < -0.3 is 9.84 Å². The van der Waals surface area contributed by atoms with E-state index in [1.165, 1.54) is 7.11 Å². The topological polar surface area (TPSA) is 46.5 Å². The quantitative estimate of drug-likeness (QED) is 0.589. The number of carbonyl (C=O) groups is 1. The molecule has 0 unspecified atom stereocenters. The van der Waals surface area contributed by atoms with Gasteiger partial charge >= 0.3 is 5.97 Å². The third kappa shape index (κ3) is 4.56. The lowest BCUT2D eigenvalue weighted by Gasteiger charge is -2.17. The van der Waals surface area contributed by atoms with Crippen molar-refractivity contribution < 1.29 is 14.6 Å². The molecule has 126 valence electrons. The summed E-state index contributed by atoms with van der Waals surface area (Å²) in [5.74, 6) is -0.360. The number of carbonyl (C=O) groups excluding carboxylic acids is 1. The molecule has 0 bridgehead atoms. The second-order valence-corrected chi connectivity index (χ2v) is 5.68. The monoisotopic (exact) mass is 324 g/mol. The number of rotatable bonds is 7. The summed E-state index contributed by atoms with van der Waals surface area (Å²) in [5, 5.41) is 10.8. The predicted molar refractivity (Wildman–Crippen MR) is 96.7 cm³/mol. The molecule has 2 aromatic rings. The van der Waals surface area contributed by atoms with Crippen LogP contribution in [0.25, 0.3) is 5.57 Å². The van der Waals surface area contributed by atoms with Crippen LogP contribution in [0.4, 0.5) is 0 Å².